The third-order valence-electron chi connectivity index (χ3n) is 5.21. The molecule has 11 heteroatoms. The number of anilines is 1. The zero-order valence-corrected chi connectivity index (χ0v) is 23.6. The second-order valence-electron chi connectivity index (χ2n) is 9.35. The zero-order chi connectivity index (χ0) is 26.7. The topological polar surface area (TPSA) is 86.8 Å². The average Bonchev–Trinajstić information content (AvgIpc) is 2.71. The van der Waals surface area contributed by atoms with E-state index in [4.69, 9.17) is 34.8 Å². The Kier molecular flexibility index (Phi) is 9.50. The van der Waals surface area contributed by atoms with Crippen LogP contribution in [0, 0.1) is 6.92 Å². The average molecular weight is 563 g/mol. The lowest BCUT2D eigenvalue weighted by Gasteiger charge is -2.33. The molecule has 2 aromatic carbocycles. The monoisotopic (exact) mass is 561 g/mol. The molecule has 0 fully saturated rings. The molecule has 192 valence electrons. The molecule has 2 rings (SSSR count). The maximum absolute atomic E-state index is 13.6. The van der Waals surface area contributed by atoms with E-state index in [9.17, 15) is 18.0 Å². The van der Waals surface area contributed by atoms with Gasteiger partial charge in [0, 0.05) is 12.1 Å². The summed E-state index contributed by atoms with van der Waals surface area (Å²) < 4.78 is 26.2. The molecule has 0 bridgehead atoms. The molecule has 0 heterocycles. The van der Waals surface area contributed by atoms with E-state index in [2.05, 4.69) is 5.32 Å². The molecule has 1 atom stereocenters. The second-order valence-corrected chi connectivity index (χ2v) is 12.5. The largest absolute Gasteiger partial charge is 0.350 e. The Hall–Kier alpha value is -2.00. The van der Waals surface area contributed by atoms with E-state index < -0.39 is 34.1 Å². The van der Waals surface area contributed by atoms with Gasteiger partial charge in [0.05, 0.1) is 27.0 Å². The minimum Gasteiger partial charge on any atom is -0.350 e. The van der Waals surface area contributed by atoms with Crippen LogP contribution in [0.3, 0.4) is 0 Å². The Morgan fingerprint density at radius 2 is 1.60 bits per heavy atom. The molecule has 0 aliphatic rings. The normalized spacial score (nSPS) is 12.7. The van der Waals surface area contributed by atoms with Crippen LogP contribution in [0.5, 0.6) is 0 Å². The number of halogens is 3. The molecular weight excluding hydrogens is 533 g/mol. The summed E-state index contributed by atoms with van der Waals surface area (Å²) in [5.74, 6) is -0.949. The molecule has 1 N–H and O–H groups in total. The van der Waals surface area contributed by atoms with Gasteiger partial charge in [-0.3, -0.25) is 13.9 Å². The van der Waals surface area contributed by atoms with Crippen LogP contribution in [0.25, 0.3) is 0 Å². The fourth-order valence-corrected chi connectivity index (χ4v) is 4.87. The highest BCUT2D eigenvalue weighted by atomic mass is 35.5. The SMILES string of the molecule is Cc1ccccc1CN(C(=O)CN(c1cc(Cl)c(Cl)cc1Cl)S(C)(=O)=O)C(C)C(=O)NC(C)(C)C. The van der Waals surface area contributed by atoms with Crippen molar-refractivity contribution >= 4 is 62.3 Å². The number of hydrogen-bond acceptors (Lipinski definition) is 4. The van der Waals surface area contributed by atoms with Gasteiger partial charge in [-0.2, -0.15) is 0 Å². The molecule has 0 spiro atoms. The zero-order valence-electron chi connectivity index (χ0n) is 20.5. The van der Waals surface area contributed by atoms with Gasteiger partial charge in [0.2, 0.25) is 21.8 Å². The first kappa shape index (κ1) is 29.2. The van der Waals surface area contributed by atoms with Gasteiger partial charge in [-0.15, -0.1) is 0 Å². The molecule has 0 saturated heterocycles. The van der Waals surface area contributed by atoms with Gasteiger partial charge >= 0.3 is 0 Å². The summed E-state index contributed by atoms with van der Waals surface area (Å²) in [7, 11) is -3.96. The number of hydrogen-bond donors (Lipinski definition) is 1. The van der Waals surface area contributed by atoms with Crippen LogP contribution < -0.4 is 9.62 Å². The number of amides is 2. The summed E-state index contributed by atoms with van der Waals surface area (Å²) >= 11 is 18.4. The van der Waals surface area contributed by atoms with Gasteiger partial charge in [0.1, 0.15) is 12.6 Å². The van der Waals surface area contributed by atoms with E-state index in [-0.39, 0.29) is 33.2 Å². The maximum Gasteiger partial charge on any atom is 0.244 e. The van der Waals surface area contributed by atoms with Crippen molar-refractivity contribution in [3.8, 4) is 0 Å². The summed E-state index contributed by atoms with van der Waals surface area (Å²) in [5.41, 5.74) is 1.25. The maximum atomic E-state index is 13.6. The van der Waals surface area contributed by atoms with Gasteiger partial charge in [-0.1, -0.05) is 59.1 Å². The number of rotatable bonds is 8. The Morgan fingerprint density at radius 3 is 2.14 bits per heavy atom. The minimum absolute atomic E-state index is 0.0135. The van der Waals surface area contributed by atoms with Crippen LogP contribution in [0.2, 0.25) is 15.1 Å². The number of aryl methyl sites for hydroxylation is 1. The summed E-state index contributed by atoms with van der Waals surface area (Å²) in [6, 6.07) is 9.19. The van der Waals surface area contributed by atoms with Crippen molar-refractivity contribution in [2.45, 2.75) is 52.7 Å². The molecule has 2 amide bonds. The summed E-state index contributed by atoms with van der Waals surface area (Å²) in [6.07, 6.45) is 0.959. The molecule has 0 aliphatic carbocycles. The smallest absolute Gasteiger partial charge is 0.244 e. The number of carbonyl (C=O) groups excluding carboxylic acids is 2. The van der Waals surface area contributed by atoms with E-state index >= 15 is 0 Å². The Balaban J connectivity index is 2.49. The first-order valence-corrected chi connectivity index (χ1v) is 13.8. The third-order valence-corrected chi connectivity index (χ3v) is 7.36. The van der Waals surface area contributed by atoms with Gasteiger partial charge in [-0.25, -0.2) is 8.42 Å². The number of sulfonamides is 1. The second kappa shape index (κ2) is 11.4. The first-order chi connectivity index (χ1) is 16.0. The molecule has 0 saturated carbocycles. The molecule has 0 radical (unpaired) electrons. The predicted octanol–water partition coefficient (Wildman–Crippen LogP) is 5.05. The minimum atomic E-state index is -3.96. The highest BCUT2D eigenvalue weighted by Gasteiger charge is 2.32. The molecule has 35 heavy (non-hydrogen) atoms. The van der Waals surface area contributed by atoms with Crippen molar-refractivity contribution in [1.29, 1.82) is 0 Å². The highest BCUT2D eigenvalue weighted by Crippen LogP contribution is 2.35. The number of carbonyl (C=O) groups is 2. The predicted molar refractivity (Wildman–Crippen MR) is 143 cm³/mol. The van der Waals surface area contributed by atoms with Gasteiger partial charge < -0.3 is 10.2 Å². The highest BCUT2D eigenvalue weighted by molar-refractivity contribution is 7.92. The van der Waals surface area contributed by atoms with E-state index in [1.165, 1.54) is 17.0 Å². The van der Waals surface area contributed by atoms with Crippen LogP contribution in [-0.2, 0) is 26.2 Å². The van der Waals surface area contributed by atoms with Crippen molar-refractivity contribution < 1.29 is 18.0 Å². The first-order valence-electron chi connectivity index (χ1n) is 10.8. The van der Waals surface area contributed by atoms with Gasteiger partial charge in [-0.05, 0) is 57.9 Å². The number of benzene rings is 2. The standard InChI is InChI=1S/C24H30Cl3N3O4S/c1-15-9-7-8-10-17(15)13-29(16(2)23(32)28-24(3,4)5)22(31)14-30(35(6,33)34)21-12-19(26)18(25)11-20(21)27/h7-12,16H,13-14H2,1-6H3,(H,28,32). The Bertz CT molecular complexity index is 1210. The van der Waals surface area contributed by atoms with Crippen LogP contribution in [0.15, 0.2) is 36.4 Å². The fraction of sp³-hybridized carbons (Fsp3) is 0.417. The molecule has 1 unspecified atom stereocenters. The van der Waals surface area contributed by atoms with Crippen LogP contribution in [0.1, 0.15) is 38.8 Å². The fourth-order valence-electron chi connectivity index (χ4n) is 3.33. The molecular formula is C24H30Cl3N3O4S. The lowest BCUT2D eigenvalue weighted by molar-refractivity contribution is -0.140. The Labute approximate surface area is 222 Å². The summed E-state index contributed by atoms with van der Waals surface area (Å²) in [6.45, 7) is 8.53. The molecule has 0 aliphatic heterocycles. The summed E-state index contributed by atoms with van der Waals surface area (Å²) in [4.78, 5) is 27.9. The lowest BCUT2D eigenvalue weighted by atomic mass is 10.1. The molecule has 0 aromatic heterocycles. The van der Waals surface area contributed by atoms with Crippen LogP contribution in [-0.4, -0.2) is 49.5 Å². The van der Waals surface area contributed by atoms with Gasteiger partial charge in [0.25, 0.3) is 0 Å². The van der Waals surface area contributed by atoms with Crippen molar-refractivity contribution in [2.24, 2.45) is 0 Å². The number of nitrogens with one attached hydrogen (secondary N) is 1. The van der Waals surface area contributed by atoms with E-state index in [1.807, 2.05) is 52.0 Å². The van der Waals surface area contributed by atoms with Gasteiger partial charge in [0.15, 0.2) is 0 Å². The number of nitrogens with zero attached hydrogens (tertiary/aromatic N) is 2. The quantitative estimate of drug-likeness (QED) is 0.456. The van der Waals surface area contributed by atoms with E-state index in [0.717, 1.165) is 21.7 Å². The van der Waals surface area contributed by atoms with Crippen molar-refractivity contribution in [2.75, 3.05) is 17.1 Å². The van der Waals surface area contributed by atoms with Crippen molar-refractivity contribution in [3.05, 3.63) is 62.6 Å². The van der Waals surface area contributed by atoms with Crippen LogP contribution in [0.4, 0.5) is 5.69 Å². The molecule has 7 nitrogen and oxygen atoms in total. The van der Waals surface area contributed by atoms with E-state index in [0.29, 0.717) is 0 Å². The van der Waals surface area contributed by atoms with Crippen molar-refractivity contribution in [3.63, 3.8) is 0 Å². The molecule has 2 aromatic rings. The van der Waals surface area contributed by atoms with Crippen LogP contribution >= 0.6 is 34.8 Å². The lowest BCUT2D eigenvalue weighted by Crippen LogP contribution is -2.54. The van der Waals surface area contributed by atoms with E-state index in [1.54, 1.807) is 6.92 Å². The third kappa shape index (κ3) is 8.00. The Morgan fingerprint density at radius 1 is 1.03 bits per heavy atom. The van der Waals surface area contributed by atoms with Crippen molar-refractivity contribution in [1.82, 2.24) is 10.2 Å². The summed E-state index contributed by atoms with van der Waals surface area (Å²) in [5, 5.41) is 3.12.